The highest BCUT2D eigenvalue weighted by molar-refractivity contribution is 6.18. The minimum atomic E-state index is -0.0837. The van der Waals surface area contributed by atoms with Crippen LogP contribution in [0.3, 0.4) is 0 Å². The molecule has 1 atom stereocenters. The third kappa shape index (κ3) is 2.68. The Kier molecular flexibility index (Phi) is 3.59. The van der Waals surface area contributed by atoms with Crippen LogP contribution in [0, 0.1) is 19.8 Å². The molecule has 4 rings (SSSR count). The van der Waals surface area contributed by atoms with Gasteiger partial charge in [0.05, 0.1) is 17.1 Å². The summed E-state index contributed by atoms with van der Waals surface area (Å²) in [5.41, 5.74) is 3.80. The Balaban J connectivity index is 1.75. The first-order chi connectivity index (χ1) is 11.6. The zero-order valence-electron chi connectivity index (χ0n) is 13.8. The second kappa shape index (κ2) is 5.78. The molecule has 1 amide bonds. The number of benzene rings is 1. The highest BCUT2D eigenvalue weighted by Crippen LogP contribution is 2.25. The van der Waals surface area contributed by atoms with Gasteiger partial charge in [0, 0.05) is 11.1 Å². The van der Waals surface area contributed by atoms with Crippen molar-refractivity contribution >= 4 is 34.4 Å². The van der Waals surface area contributed by atoms with Crippen LogP contribution in [0.1, 0.15) is 36.9 Å². The smallest absolute Gasteiger partial charge is 0.253 e. The van der Waals surface area contributed by atoms with Gasteiger partial charge in [-0.2, -0.15) is 4.99 Å². The molecule has 0 radical (unpaired) electrons. The number of hydrogen-bond donors (Lipinski definition) is 1. The van der Waals surface area contributed by atoms with Crippen molar-refractivity contribution in [1.29, 1.82) is 0 Å². The monoisotopic (exact) mass is 321 g/mol. The summed E-state index contributed by atoms with van der Waals surface area (Å²) in [5.74, 6) is 0.547. The summed E-state index contributed by atoms with van der Waals surface area (Å²) in [6, 6.07) is 6.07. The van der Waals surface area contributed by atoms with Crippen molar-refractivity contribution in [2.45, 2.75) is 39.5 Å². The summed E-state index contributed by atoms with van der Waals surface area (Å²) in [6.45, 7) is 3.96. The maximum Gasteiger partial charge on any atom is 0.253 e. The maximum absolute atomic E-state index is 12.2. The molecule has 0 saturated heterocycles. The third-order valence-electron chi connectivity index (χ3n) is 4.62. The Morgan fingerprint density at radius 2 is 2.08 bits per heavy atom. The zero-order valence-corrected chi connectivity index (χ0v) is 13.8. The fourth-order valence-electron chi connectivity index (χ4n) is 3.35. The van der Waals surface area contributed by atoms with E-state index in [1.54, 1.807) is 0 Å². The second-order valence-corrected chi connectivity index (χ2v) is 6.46. The molecule has 1 aromatic carbocycles. The summed E-state index contributed by atoms with van der Waals surface area (Å²) in [6.07, 6.45) is 3.91. The molecule has 1 fully saturated rings. The standard InChI is InChI=1S/C18H19N5O/c1-10-7-8-12-11(2)19-17(21-15(12)9-10)23-18-20-14-6-4-3-5-13(14)16(24)22-18/h7-9,13H,3-6H2,1-2H3,(H,19,21,22,23,24). The fraction of sp³-hybridized carbons (Fsp3) is 0.389. The van der Waals surface area contributed by atoms with Crippen LogP contribution in [-0.4, -0.2) is 27.5 Å². The summed E-state index contributed by atoms with van der Waals surface area (Å²) < 4.78 is 0. The van der Waals surface area contributed by atoms with Crippen LogP contribution in [0.25, 0.3) is 10.9 Å². The first-order valence-corrected chi connectivity index (χ1v) is 8.32. The number of aliphatic imine (C=N–C) groups is 2. The number of carbonyl (C=O) groups is 1. The van der Waals surface area contributed by atoms with Crippen LogP contribution in [0.5, 0.6) is 0 Å². The van der Waals surface area contributed by atoms with E-state index in [0.29, 0.717) is 11.9 Å². The molecule has 1 aliphatic heterocycles. The van der Waals surface area contributed by atoms with E-state index in [1.807, 2.05) is 32.0 Å². The molecule has 6 heteroatoms. The molecule has 0 spiro atoms. The predicted molar refractivity (Wildman–Crippen MR) is 93.6 cm³/mol. The highest BCUT2D eigenvalue weighted by Gasteiger charge is 2.31. The molecule has 1 saturated carbocycles. The molecule has 2 aromatic rings. The van der Waals surface area contributed by atoms with Gasteiger partial charge >= 0.3 is 0 Å². The van der Waals surface area contributed by atoms with Crippen LogP contribution >= 0.6 is 0 Å². The minimum Gasteiger partial charge on any atom is -0.294 e. The number of fused-ring (bicyclic) bond motifs is 2. The highest BCUT2D eigenvalue weighted by atomic mass is 16.2. The number of nitrogens with zero attached hydrogens (tertiary/aromatic N) is 4. The molecule has 2 aliphatic rings. The molecule has 1 N–H and O–H groups in total. The molecule has 0 bridgehead atoms. The lowest BCUT2D eigenvalue weighted by molar-refractivity contribution is -0.122. The van der Waals surface area contributed by atoms with E-state index in [9.17, 15) is 4.79 Å². The van der Waals surface area contributed by atoms with E-state index in [4.69, 9.17) is 0 Å². The topological polar surface area (TPSA) is 79.6 Å². The number of nitrogens with one attached hydrogen (secondary N) is 1. The number of aromatic nitrogens is 2. The second-order valence-electron chi connectivity index (χ2n) is 6.46. The van der Waals surface area contributed by atoms with Crippen molar-refractivity contribution in [3.63, 3.8) is 0 Å². The van der Waals surface area contributed by atoms with E-state index >= 15 is 0 Å². The summed E-state index contributed by atoms with van der Waals surface area (Å²) in [5, 5.41) is 3.80. The Hall–Kier alpha value is -2.63. The lowest BCUT2D eigenvalue weighted by Gasteiger charge is -2.26. The number of carbonyl (C=O) groups excluding carboxylic acids is 1. The zero-order chi connectivity index (χ0) is 16.7. The van der Waals surface area contributed by atoms with Gasteiger partial charge in [0.15, 0.2) is 0 Å². The molecule has 122 valence electrons. The van der Waals surface area contributed by atoms with E-state index in [0.717, 1.165) is 53.6 Å². The van der Waals surface area contributed by atoms with Crippen LogP contribution < -0.4 is 5.32 Å². The average Bonchev–Trinajstić information content (AvgIpc) is 2.54. The number of hydrogen-bond acceptors (Lipinski definition) is 4. The molecular formula is C18H19N5O. The van der Waals surface area contributed by atoms with E-state index in [-0.39, 0.29) is 11.8 Å². The number of amides is 1. The molecule has 1 aromatic heterocycles. The van der Waals surface area contributed by atoms with Crippen molar-refractivity contribution in [3.8, 4) is 0 Å². The van der Waals surface area contributed by atoms with Crippen molar-refractivity contribution in [3.05, 3.63) is 29.5 Å². The van der Waals surface area contributed by atoms with Gasteiger partial charge in [-0.25, -0.2) is 15.0 Å². The summed E-state index contributed by atoms with van der Waals surface area (Å²) in [4.78, 5) is 30.1. The van der Waals surface area contributed by atoms with Gasteiger partial charge in [-0.1, -0.05) is 18.6 Å². The predicted octanol–water partition coefficient (Wildman–Crippen LogP) is 3.00. The summed E-state index contributed by atoms with van der Waals surface area (Å²) in [7, 11) is 0. The van der Waals surface area contributed by atoms with Crippen LogP contribution in [0.4, 0.5) is 5.95 Å². The molecule has 2 heterocycles. The van der Waals surface area contributed by atoms with Crippen molar-refractivity contribution < 1.29 is 4.79 Å². The van der Waals surface area contributed by atoms with Crippen LogP contribution in [-0.2, 0) is 4.79 Å². The van der Waals surface area contributed by atoms with Gasteiger partial charge in [-0.15, -0.1) is 0 Å². The molecule has 24 heavy (non-hydrogen) atoms. The van der Waals surface area contributed by atoms with Crippen molar-refractivity contribution in [2.75, 3.05) is 0 Å². The van der Waals surface area contributed by atoms with Crippen molar-refractivity contribution in [2.24, 2.45) is 15.9 Å². The SMILES string of the molecule is Cc1ccc2c(C)nc(/N=C3/N=C4CCCCC4C(=O)N3)nc2c1. The summed E-state index contributed by atoms with van der Waals surface area (Å²) >= 11 is 0. The number of aryl methyl sites for hydroxylation is 2. The normalized spacial score (nSPS) is 22.2. The van der Waals surface area contributed by atoms with Gasteiger partial charge in [0.25, 0.3) is 5.95 Å². The third-order valence-corrected chi connectivity index (χ3v) is 4.62. The van der Waals surface area contributed by atoms with Crippen LogP contribution in [0.2, 0.25) is 0 Å². The lowest BCUT2D eigenvalue weighted by atomic mass is 9.86. The molecule has 1 aliphatic carbocycles. The van der Waals surface area contributed by atoms with Crippen LogP contribution in [0.15, 0.2) is 28.2 Å². The Labute approximate surface area is 140 Å². The van der Waals surface area contributed by atoms with Gasteiger partial charge < -0.3 is 0 Å². The minimum absolute atomic E-state index is 0.00759. The lowest BCUT2D eigenvalue weighted by Crippen LogP contribution is -2.44. The Morgan fingerprint density at radius 3 is 2.96 bits per heavy atom. The van der Waals surface area contributed by atoms with E-state index in [2.05, 4.69) is 25.3 Å². The fourth-order valence-corrected chi connectivity index (χ4v) is 3.35. The Morgan fingerprint density at radius 1 is 1.21 bits per heavy atom. The first-order valence-electron chi connectivity index (χ1n) is 8.32. The van der Waals surface area contributed by atoms with Gasteiger partial charge in [-0.3, -0.25) is 10.1 Å². The van der Waals surface area contributed by atoms with E-state index in [1.165, 1.54) is 0 Å². The van der Waals surface area contributed by atoms with E-state index < -0.39 is 0 Å². The Bertz CT molecular complexity index is 900. The quantitative estimate of drug-likeness (QED) is 0.877. The number of rotatable bonds is 1. The van der Waals surface area contributed by atoms with Crippen molar-refractivity contribution in [1.82, 2.24) is 15.3 Å². The molecule has 1 unspecified atom stereocenters. The maximum atomic E-state index is 12.2. The van der Waals surface area contributed by atoms with Gasteiger partial charge in [0.1, 0.15) is 0 Å². The first kappa shape index (κ1) is 14.9. The largest absolute Gasteiger partial charge is 0.294 e. The average molecular weight is 321 g/mol. The number of guanidine groups is 1. The van der Waals surface area contributed by atoms with Gasteiger partial charge in [0.2, 0.25) is 11.9 Å². The van der Waals surface area contributed by atoms with Gasteiger partial charge in [-0.05, 0) is 44.7 Å². The molecular weight excluding hydrogens is 302 g/mol. The molecule has 6 nitrogen and oxygen atoms in total.